The fraction of sp³-hybridized carbons (Fsp3) is 0.267. The molecule has 1 aromatic heterocycles. The smallest absolute Gasteiger partial charge is 0.289 e. The average molecular weight is 434 g/mol. The summed E-state index contributed by atoms with van der Waals surface area (Å²) in [7, 11) is -3.67. The van der Waals surface area contributed by atoms with Gasteiger partial charge in [-0.05, 0) is 40.2 Å². The van der Waals surface area contributed by atoms with E-state index < -0.39 is 10.0 Å². The molecule has 0 radical (unpaired) electrons. The van der Waals surface area contributed by atoms with Crippen LogP contribution in [0.3, 0.4) is 0 Å². The summed E-state index contributed by atoms with van der Waals surface area (Å²) in [5.74, 6) is -0.0280. The Morgan fingerprint density at radius 1 is 1.08 bits per heavy atom. The highest BCUT2D eigenvalue weighted by Crippen LogP contribution is 2.25. The lowest BCUT2D eigenvalue weighted by Gasteiger charge is -2.33. The van der Waals surface area contributed by atoms with Gasteiger partial charge in [-0.25, -0.2) is 8.42 Å². The van der Waals surface area contributed by atoms with Crippen LogP contribution in [0.25, 0.3) is 0 Å². The third kappa shape index (κ3) is 3.37. The van der Waals surface area contributed by atoms with Crippen LogP contribution >= 0.6 is 27.5 Å². The van der Waals surface area contributed by atoms with E-state index in [-0.39, 0.29) is 34.7 Å². The molecule has 1 amide bonds. The quantitative estimate of drug-likeness (QED) is 0.746. The molecular formula is C15H14BrClN2O4S. The third-order valence-electron chi connectivity index (χ3n) is 3.76. The van der Waals surface area contributed by atoms with Crippen LogP contribution in [0.15, 0.2) is 50.4 Å². The zero-order valence-electron chi connectivity index (χ0n) is 12.5. The summed E-state index contributed by atoms with van der Waals surface area (Å²) < 4.78 is 32.4. The molecule has 24 heavy (non-hydrogen) atoms. The fourth-order valence-electron chi connectivity index (χ4n) is 2.51. The maximum absolute atomic E-state index is 12.7. The van der Waals surface area contributed by atoms with E-state index >= 15 is 0 Å². The number of piperazine rings is 1. The molecule has 2 aromatic rings. The second-order valence-corrected chi connectivity index (χ2v) is 8.33. The van der Waals surface area contributed by atoms with Crippen LogP contribution in [0, 0.1) is 0 Å². The lowest BCUT2D eigenvalue weighted by molar-refractivity contribution is 0.0664. The number of carbonyl (C=O) groups excluding carboxylic acids is 1. The van der Waals surface area contributed by atoms with Gasteiger partial charge >= 0.3 is 0 Å². The second-order valence-electron chi connectivity index (χ2n) is 5.23. The average Bonchev–Trinajstić information content (AvgIpc) is 3.01. The minimum absolute atomic E-state index is 0.0846. The Morgan fingerprint density at radius 3 is 2.33 bits per heavy atom. The Bertz CT molecular complexity index is 860. The van der Waals surface area contributed by atoms with Crippen LogP contribution in [0.1, 0.15) is 10.6 Å². The van der Waals surface area contributed by atoms with Gasteiger partial charge in [0.05, 0.1) is 5.02 Å². The fourth-order valence-corrected chi connectivity index (χ4v) is 4.73. The molecule has 0 bridgehead atoms. The van der Waals surface area contributed by atoms with Crippen LogP contribution in [0.2, 0.25) is 5.02 Å². The van der Waals surface area contributed by atoms with Crippen molar-refractivity contribution >= 4 is 43.5 Å². The topological polar surface area (TPSA) is 70.8 Å². The van der Waals surface area contributed by atoms with Crippen molar-refractivity contribution in [3.63, 3.8) is 0 Å². The molecule has 0 atom stereocenters. The molecule has 0 unspecified atom stereocenters. The maximum Gasteiger partial charge on any atom is 0.289 e. The molecule has 1 aromatic carbocycles. The highest BCUT2D eigenvalue weighted by atomic mass is 79.9. The van der Waals surface area contributed by atoms with Gasteiger partial charge in [0.25, 0.3) is 5.91 Å². The molecule has 0 aliphatic carbocycles. The number of halogens is 2. The van der Waals surface area contributed by atoms with Crippen molar-refractivity contribution in [3.8, 4) is 0 Å². The van der Waals surface area contributed by atoms with E-state index in [2.05, 4.69) is 15.9 Å². The zero-order chi connectivity index (χ0) is 17.3. The summed E-state index contributed by atoms with van der Waals surface area (Å²) in [6.45, 7) is 1.00. The lowest BCUT2D eigenvalue weighted by Crippen LogP contribution is -2.50. The van der Waals surface area contributed by atoms with Gasteiger partial charge in [-0.1, -0.05) is 23.7 Å². The van der Waals surface area contributed by atoms with Gasteiger partial charge < -0.3 is 9.32 Å². The third-order valence-corrected chi connectivity index (χ3v) is 6.59. The van der Waals surface area contributed by atoms with Crippen LogP contribution in [-0.2, 0) is 10.0 Å². The van der Waals surface area contributed by atoms with Crippen LogP contribution in [0.5, 0.6) is 0 Å². The normalized spacial score (nSPS) is 16.3. The van der Waals surface area contributed by atoms with Gasteiger partial charge in [0.2, 0.25) is 10.0 Å². The molecule has 9 heteroatoms. The highest BCUT2D eigenvalue weighted by molar-refractivity contribution is 9.10. The van der Waals surface area contributed by atoms with Crippen molar-refractivity contribution in [3.05, 3.63) is 51.9 Å². The first-order valence-corrected chi connectivity index (χ1v) is 9.80. The van der Waals surface area contributed by atoms with E-state index in [4.69, 9.17) is 16.0 Å². The Labute approximate surface area is 153 Å². The first-order valence-electron chi connectivity index (χ1n) is 7.19. The van der Waals surface area contributed by atoms with Crippen LogP contribution < -0.4 is 0 Å². The van der Waals surface area contributed by atoms with Gasteiger partial charge in [0.1, 0.15) is 4.90 Å². The molecule has 0 saturated carbocycles. The van der Waals surface area contributed by atoms with Crippen molar-refractivity contribution in [1.82, 2.24) is 9.21 Å². The van der Waals surface area contributed by atoms with Gasteiger partial charge in [-0.2, -0.15) is 4.31 Å². The Kier molecular flexibility index (Phi) is 5.00. The highest BCUT2D eigenvalue weighted by Gasteiger charge is 2.32. The molecule has 0 spiro atoms. The van der Waals surface area contributed by atoms with Crippen molar-refractivity contribution < 1.29 is 17.6 Å². The minimum Gasteiger partial charge on any atom is -0.444 e. The number of benzene rings is 1. The molecule has 0 N–H and O–H groups in total. The predicted molar refractivity (Wildman–Crippen MR) is 92.5 cm³/mol. The van der Waals surface area contributed by atoms with Crippen LogP contribution in [-0.4, -0.2) is 49.7 Å². The van der Waals surface area contributed by atoms with Gasteiger partial charge in [0, 0.05) is 26.2 Å². The monoisotopic (exact) mass is 432 g/mol. The van der Waals surface area contributed by atoms with Crippen molar-refractivity contribution in [2.75, 3.05) is 26.2 Å². The number of hydrogen-bond donors (Lipinski definition) is 0. The Morgan fingerprint density at radius 2 is 1.75 bits per heavy atom. The summed E-state index contributed by atoms with van der Waals surface area (Å²) in [5.41, 5.74) is 0. The number of amides is 1. The molecule has 128 valence electrons. The van der Waals surface area contributed by atoms with Gasteiger partial charge in [0.15, 0.2) is 10.4 Å². The number of sulfonamides is 1. The second kappa shape index (κ2) is 6.87. The summed E-state index contributed by atoms with van der Waals surface area (Å²) >= 11 is 9.16. The van der Waals surface area contributed by atoms with E-state index in [9.17, 15) is 13.2 Å². The summed E-state index contributed by atoms with van der Waals surface area (Å²) in [4.78, 5) is 14.0. The van der Waals surface area contributed by atoms with E-state index in [1.807, 2.05) is 0 Å². The van der Waals surface area contributed by atoms with Crippen molar-refractivity contribution in [2.45, 2.75) is 4.90 Å². The number of nitrogens with zero attached hydrogens (tertiary/aromatic N) is 2. The van der Waals surface area contributed by atoms with E-state index in [0.29, 0.717) is 17.8 Å². The SMILES string of the molecule is O=C(c1ccc(Br)o1)N1CCN(S(=O)(=O)c2ccccc2Cl)CC1. The summed E-state index contributed by atoms with van der Waals surface area (Å²) in [6, 6.07) is 9.57. The van der Waals surface area contributed by atoms with Crippen LogP contribution in [0.4, 0.5) is 0 Å². The van der Waals surface area contributed by atoms with E-state index in [1.54, 1.807) is 35.2 Å². The Balaban J connectivity index is 1.71. The van der Waals surface area contributed by atoms with Gasteiger partial charge in [-0.3, -0.25) is 4.79 Å². The molecule has 1 aliphatic rings. The number of hydrogen-bond acceptors (Lipinski definition) is 4. The molecule has 3 rings (SSSR count). The van der Waals surface area contributed by atoms with E-state index in [1.165, 1.54) is 10.4 Å². The first kappa shape index (κ1) is 17.5. The number of rotatable bonds is 3. The van der Waals surface area contributed by atoms with Crippen molar-refractivity contribution in [1.29, 1.82) is 0 Å². The summed E-state index contributed by atoms with van der Waals surface area (Å²) in [6.07, 6.45) is 0. The molecule has 1 saturated heterocycles. The molecule has 2 heterocycles. The Hall–Kier alpha value is -1.35. The zero-order valence-corrected chi connectivity index (χ0v) is 15.6. The van der Waals surface area contributed by atoms with E-state index in [0.717, 1.165) is 0 Å². The largest absolute Gasteiger partial charge is 0.444 e. The standard InChI is InChI=1S/C15H14BrClN2O4S/c16-14-6-5-12(23-14)15(20)18-7-9-19(10-8-18)24(21,22)13-4-2-1-3-11(13)17/h1-6H,7-10H2. The molecular weight excluding hydrogens is 420 g/mol. The molecule has 6 nitrogen and oxygen atoms in total. The number of carbonyl (C=O) groups is 1. The van der Waals surface area contributed by atoms with Crippen molar-refractivity contribution in [2.24, 2.45) is 0 Å². The molecule has 1 aliphatic heterocycles. The lowest BCUT2D eigenvalue weighted by atomic mass is 10.3. The van der Waals surface area contributed by atoms with Gasteiger partial charge in [-0.15, -0.1) is 0 Å². The first-order chi connectivity index (χ1) is 11.4. The maximum atomic E-state index is 12.7. The molecule has 1 fully saturated rings. The number of furan rings is 1. The minimum atomic E-state index is -3.67. The summed E-state index contributed by atoms with van der Waals surface area (Å²) in [5, 5.41) is 0.191. The predicted octanol–water partition coefficient (Wildman–Crippen LogP) is 2.84.